The standard InChI is InChI=1S/C9H4F3N7O2/c10-9(11,12)8-15-14-6-1-2-7(16-18(6)8)17-4-5(3-13-17)19(20)21/h1-4H. The molecule has 3 aromatic rings. The van der Waals surface area contributed by atoms with Crippen molar-refractivity contribution in [1.29, 1.82) is 0 Å². The van der Waals surface area contributed by atoms with Gasteiger partial charge in [0, 0.05) is 0 Å². The van der Waals surface area contributed by atoms with Gasteiger partial charge in [-0.15, -0.1) is 15.3 Å². The molecular formula is C9H4F3N7O2. The zero-order chi connectivity index (χ0) is 15.2. The fraction of sp³-hybridized carbons (Fsp3) is 0.111. The fourth-order valence-corrected chi connectivity index (χ4v) is 1.61. The van der Waals surface area contributed by atoms with Gasteiger partial charge < -0.3 is 0 Å². The van der Waals surface area contributed by atoms with Crippen LogP contribution in [0.3, 0.4) is 0 Å². The average Bonchev–Trinajstić information content (AvgIpc) is 3.04. The van der Waals surface area contributed by atoms with Crippen molar-refractivity contribution in [3.05, 3.63) is 40.5 Å². The molecule has 0 aromatic carbocycles. The number of nitro groups is 1. The summed E-state index contributed by atoms with van der Waals surface area (Å²) in [6.45, 7) is 0. The molecule has 12 heteroatoms. The lowest BCUT2D eigenvalue weighted by Crippen LogP contribution is -2.13. The summed E-state index contributed by atoms with van der Waals surface area (Å²) in [4.78, 5) is 9.88. The second-order valence-corrected chi connectivity index (χ2v) is 3.88. The summed E-state index contributed by atoms with van der Waals surface area (Å²) in [6, 6.07) is 2.57. The van der Waals surface area contributed by atoms with Crippen LogP contribution in [-0.4, -0.2) is 34.5 Å². The molecule has 0 atom stereocenters. The third kappa shape index (κ3) is 2.15. The zero-order valence-corrected chi connectivity index (χ0v) is 9.89. The van der Waals surface area contributed by atoms with E-state index in [1.165, 1.54) is 12.1 Å². The third-order valence-electron chi connectivity index (χ3n) is 2.52. The molecule has 0 unspecified atom stereocenters. The van der Waals surface area contributed by atoms with E-state index < -0.39 is 16.9 Å². The van der Waals surface area contributed by atoms with Gasteiger partial charge in [-0.1, -0.05) is 0 Å². The fourth-order valence-electron chi connectivity index (χ4n) is 1.61. The van der Waals surface area contributed by atoms with E-state index in [0.29, 0.717) is 4.52 Å². The number of aromatic nitrogens is 6. The first-order chi connectivity index (χ1) is 9.86. The van der Waals surface area contributed by atoms with E-state index in [1.807, 2.05) is 0 Å². The molecule has 0 aliphatic heterocycles. The van der Waals surface area contributed by atoms with Gasteiger partial charge in [0.15, 0.2) is 11.5 Å². The van der Waals surface area contributed by atoms with Crippen molar-refractivity contribution in [2.24, 2.45) is 0 Å². The van der Waals surface area contributed by atoms with Crippen LogP contribution in [0.2, 0.25) is 0 Å². The Morgan fingerprint density at radius 2 is 2.00 bits per heavy atom. The van der Waals surface area contributed by atoms with Crippen molar-refractivity contribution in [3.63, 3.8) is 0 Å². The van der Waals surface area contributed by atoms with Gasteiger partial charge in [0.2, 0.25) is 0 Å². The topological polar surface area (TPSA) is 104 Å². The molecule has 0 saturated heterocycles. The summed E-state index contributed by atoms with van der Waals surface area (Å²) >= 11 is 0. The Morgan fingerprint density at radius 3 is 2.62 bits per heavy atom. The van der Waals surface area contributed by atoms with Gasteiger partial charge in [-0.25, -0.2) is 4.68 Å². The van der Waals surface area contributed by atoms with Gasteiger partial charge >= 0.3 is 11.9 Å². The predicted molar refractivity (Wildman–Crippen MR) is 59.6 cm³/mol. The maximum atomic E-state index is 12.7. The Morgan fingerprint density at radius 1 is 1.24 bits per heavy atom. The Kier molecular flexibility index (Phi) is 2.61. The molecule has 3 aromatic heterocycles. The van der Waals surface area contributed by atoms with Gasteiger partial charge in [-0.3, -0.25) is 10.1 Å². The average molecular weight is 299 g/mol. The molecule has 0 radical (unpaired) electrons. The van der Waals surface area contributed by atoms with Crippen molar-refractivity contribution >= 4 is 11.3 Å². The zero-order valence-electron chi connectivity index (χ0n) is 9.89. The minimum atomic E-state index is -4.72. The summed E-state index contributed by atoms with van der Waals surface area (Å²) in [5, 5.41) is 24.3. The second-order valence-electron chi connectivity index (χ2n) is 3.88. The maximum Gasteiger partial charge on any atom is 0.453 e. The number of hydrogen-bond acceptors (Lipinski definition) is 6. The van der Waals surface area contributed by atoms with Crippen LogP contribution in [0.1, 0.15) is 5.82 Å². The minimum Gasteiger partial charge on any atom is -0.258 e. The number of halogens is 3. The SMILES string of the molecule is O=[N+]([O-])c1cnn(-c2ccc3nnc(C(F)(F)F)n3n2)c1. The molecular weight excluding hydrogens is 295 g/mol. The van der Waals surface area contributed by atoms with Crippen LogP contribution in [0, 0.1) is 10.1 Å². The summed E-state index contributed by atoms with van der Waals surface area (Å²) in [5.41, 5.74) is -0.413. The molecule has 108 valence electrons. The molecule has 0 amide bonds. The molecule has 0 N–H and O–H groups in total. The van der Waals surface area contributed by atoms with E-state index in [9.17, 15) is 23.3 Å². The van der Waals surface area contributed by atoms with Crippen LogP contribution >= 0.6 is 0 Å². The van der Waals surface area contributed by atoms with E-state index in [4.69, 9.17) is 0 Å². The molecule has 3 heterocycles. The van der Waals surface area contributed by atoms with Gasteiger partial charge in [-0.2, -0.15) is 22.8 Å². The summed E-state index contributed by atoms with van der Waals surface area (Å²) in [7, 11) is 0. The molecule has 9 nitrogen and oxygen atoms in total. The molecule has 0 fully saturated rings. The van der Waals surface area contributed by atoms with Crippen LogP contribution in [0.4, 0.5) is 18.9 Å². The Labute approximate surface area is 112 Å². The van der Waals surface area contributed by atoms with Gasteiger partial charge in [-0.05, 0) is 12.1 Å². The van der Waals surface area contributed by atoms with Crippen molar-refractivity contribution in [2.75, 3.05) is 0 Å². The highest BCUT2D eigenvalue weighted by Crippen LogP contribution is 2.27. The highest BCUT2D eigenvalue weighted by Gasteiger charge is 2.37. The monoisotopic (exact) mass is 299 g/mol. The lowest BCUT2D eigenvalue weighted by atomic mass is 10.5. The van der Waals surface area contributed by atoms with Gasteiger partial charge in [0.1, 0.15) is 12.4 Å². The van der Waals surface area contributed by atoms with Gasteiger partial charge in [0.25, 0.3) is 5.82 Å². The van der Waals surface area contributed by atoms with E-state index >= 15 is 0 Å². The molecule has 3 rings (SSSR count). The largest absolute Gasteiger partial charge is 0.453 e. The normalized spacial score (nSPS) is 12.0. The van der Waals surface area contributed by atoms with Crippen LogP contribution in [0.25, 0.3) is 11.5 Å². The third-order valence-corrected chi connectivity index (χ3v) is 2.52. The summed E-state index contributed by atoms with van der Waals surface area (Å²) in [5.74, 6) is -1.33. The number of alkyl halides is 3. The molecule has 0 bridgehead atoms. The smallest absolute Gasteiger partial charge is 0.258 e. The lowest BCUT2D eigenvalue weighted by molar-refractivity contribution is -0.384. The van der Waals surface area contributed by atoms with Crippen molar-refractivity contribution in [1.82, 2.24) is 29.6 Å². The van der Waals surface area contributed by atoms with E-state index in [0.717, 1.165) is 17.1 Å². The molecule has 0 saturated carbocycles. The quantitative estimate of drug-likeness (QED) is 0.521. The number of rotatable bonds is 2. The molecule has 0 aliphatic rings. The van der Waals surface area contributed by atoms with Crippen LogP contribution in [0.5, 0.6) is 0 Å². The number of fused-ring (bicyclic) bond motifs is 1. The summed E-state index contributed by atoms with van der Waals surface area (Å²) < 4.78 is 39.6. The van der Waals surface area contributed by atoms with Crippen molar-refractivity contribution in [3.8, 4) is 5.82 Å². The maximum absolute atomic E-state index is 12.7. The van der Waals surface area contributed by atoms with E-state index in [-0.39, 0.29) is 17.2 Å². The first-order valence-electron chi connectivity index (χ1n) is 5.35. The number of nitrogens with zero attached hydrogens (tertiary/aromatic N) is 7. The second kappa shape index (κ2) is 4.22. The molecule has 0 aliphatic carbocycles. The molecule has 0 spiro atoms. The number of hydrogen-bond donors (Lipinski definition) is 0. The van der Waals surface area contributed by atoms with E-state index in [2.05, 4.69) is 20.4 Å². The van der Waals surface area contributed by atoms with Crippen LogP contribution in [0.15, 0.2) is 24.5 Å². The van der Waals surface area contributed by atoms with Crippen molar-refractivity contribution < 1.29 is 18.1 Å². The highest BCUT2D eigenvalue weighted by molar-refractivity contribution is 5.40. The Balaban J connectivity index is 2.13. The van der Waals surface area contributed by atoms with Crippen molar-refractivity contribution in [2.45, 2.75) is 6.18 Å². The predicted octanol–water partition coefficient (Wildman–Crippen LogP) is 1.24. The Bertz CT molecular complexity index is 837. The van der Waals surface area contributed by atoms with Crippen LogP contribution in [-0.2, 0) is 6.18 Å². The minimum absolute atomic E-state index is 0.0408. The highest BCUT2D eigenvalue weighted by atomic mass is 19.4. The lowest BCUT2D eigenvalue weighted by Gasteiger charge is -2.04. The van der Waals surface area contributed by atoms with E-state index in [1.54, 1.807) is 0 Å². The molecule has 21 heavy (non-hydrogen) atoms. The first-order valence-corrected chi connectivity index (χ1v) is 5.35. The Hall–Kier alpha value is -3.05. The van der Waals surface area contributed by atoms with Crippen LogP contribution < -0.4 is 0 Å². The first kappa shape index (κ1) is 13.0. The van der Waals surface area contributed by atoms with Gasteiger partial charge in [0.05, 0.1) is 4.92 Å². The summed E-state index contributed by atoms with van der Waals surface area (Å²) in [6.07, 6.45) is -2.73.